The first kappa shape index (κ1) is 15.7. The van der Waals surface area contributed by atoms with Crippen LogP contribution in [-0.2, 0) is 14.6 Å². The zero-order valence-corrected chi connectivity index (χ0v) is 12.7. The molecule has 0 atom stereocenters. The van der Waals surface area contributed by atoms with Gasteiger partial charge in [0.1, 0.15) is 5.75 Å². The molecular formula is C12H13BrN2O3S. The summed E-state index contributed by atoms with van der Waals surface area (Å²) in [6.45, 7) is 0.223. The molecule has 0 aliphatic rings. The highest BCUT2D eigenvalue weighted by molar-refractivity contribution is 9.10. The van der Waals surface area contributed by atoms with E-state index >= 15 is 0 Å². The minimum absolute atomic E-state index is 0.0945. The smallest absolute Gasteiger partial charge is 0.237 e. The average Bonchev–Trinajstić information content (AvgIpc) is 2.35. The Hall–Kier alpha value is -1.39. The van der Waals surface area contributed by atoms with Crippen LogP contribution >= 0.6 is 15.9 Å². The second-order valence-corrected chi connectivity index (χ2v) is 6.73. The van der Waals surface area contributed by atoms with E-state index in [2.05, 4.69) is 15.9 Å². The second-order valence-electron chi connectivity index (χ2n) is 3.91. The van der Waals surface area contributed by atoms with Crippen LogP contribution in [0.15, 0.2) is 33.6 Å². The van der Waals surface area contributed by atoms with E-state index in [4.69, 9.17) is 5.26 Å². The van der Waals surface area contributed by atoms with Crippen LogP contribution in [0.4, 0.5) is 0 Å². The maximum atomic E-state index is 12.1. The van der Waals surface area contributed by atoms with E-state index in [-0.39, 0.29) is 17.9 Å². The van der Waals surface area contributed by atoms with Crippen molar-refractivity contribution >= 4 is 31.7 Å². The maximum absolute atomic E-state index is 12.1. The van der Waals surface area contributed by atoms with Crippen LogP contribution in [0.1, 0.15) is 6.42 Å². The van der Waals surface area contributed by atoms with Crippen molar-refractivity contribution in [3.8, 4) is 6.07 Å². The summed E-state index contributed by atoms with van der Waals surface area (Å²) in [5.41, 5.74) is 0. The fraction of sp³-hybridized carbons (Fsp3) is 0.333. The number of nitrogens with zero attached hydrogens (tertiary/aromatic N) is 2. The van der Waals surface area contributed by atoms with Crippen molar-refractivity contribution < 1.29 is 13.2 Å². The molecule has 0 aliphatic heterocycles. The van der Waals surface area contributed by atoms with Gasteiger partial charge >= 0.3 is 0 Å². The van der Waals surface area contributed by atoms with Gasteiger partial charge in [-0.3, -0.25) is 4.79 Å². The topological polar surface area (TPSA) is 78.2 Å². The highest BCUT2D eigenvalue weighted by Gasteiger charge is 2.23. The summed E-state index contributed by atoms with van der Waals surface area (Å²) in [5.74, 6) is -1.12. The summed E-state index contributed by atoms with van der Waals surface area (Å²) < 4.78 is 24.6. The van der Waals surface area contributed by atoms with Crippen LogP contribution in [0.5, 0.6) is 0 Å². The number of carbonyl (C=O) groups excluding carboxylic acids is 1. The molecule has 7 heteroatoms. The van der Waals surface area contributed by atoms with Gasteiger partial charge in [-0.15, -0.1) is 0 Å². The fourth-order valence-corrected chi connectivity index (χ4v) is 3.77. The number of sulfone groups is 1. The summed E-state index contributed by atoms with van der Waals surface area (Å²) in [6.07, 6.45) is 0.178. The Morgan fingerprint density at radius 1 is 1.42 bits per heavy atom. The predicted molar refractivity (Wildman–Crippen MR) is 74.1 cm³/mol. The lowest BCUT2D eigenvalue weighted by molar-refractivity contribution is -0.127. The van der Waals surface area contributed by atoms with Crippen molar-refractivity contribution in [1.29, 1.82) is 5.26 Å². The van der Waals surface area contributed by atoms with Crippen molar-refractivity contribution in [3.05, 3.63) is 28.7 Å². The van der Waals surface area contributed by atoms with Gasteiger partial charge in [-0.1, -0.05) is 12.1 Å². The van der Waals surface area contributed by atoms with Crippen LogP contribution in [-0.4, -0.2) is 38.6 Å². The highest BCUT2D eigenvalue weighted by atomic mass is 79.9. The Morgan fingerprint density at radius 2 is 2.05 bits per heavy atom. The van der Waals surface area contributed by atoms with Gasteiger partial charge in [0.25, 0.3) is 0 Å². The molecule has 0 bridgehead atoms. The van der Waals surface area contributed by atoms with Gasteiger partial charge in [0.05, 0.1) is 17.4 Å². The number of hydrogen-bond acceptors (Lipinski definition) is 4. The van der Waals surface area contributed by atoms with Crippen LogP contribution in [0, 0.1) is 11.3 Å². The lowest BCUT2D eigenvalue weighted by atomic mass is 10.4. The normalized spacial score (nSPS) is 10.8. The Labute approximate surface area is 120 Å². The molecule has 0 unspecified atom stereocenters. The van der Waals surface area contributed by atoms with E-state index in [1.165, 1.54) is 18.0 Å². The molecule has 1 aromatic rings. The monoisotopic (exact) mass is 344 g/mol. The average molecular weight is 345 g/mol. The number of amides is 1. The van der Waals surface area contributed by atoms with Gasteiger partial charge in [-0.25, -0.2) is 8.42 Å². The molecule has 0 heterocycles. The van der Waals surface area contributed by atoms with Crippen molar-refractivity contribution in [2.75, 3.05) is 19.3 Å². The number of rotatable bonds is 5. The van der Waals surface area contributed by atoms with E-state index in [1.54, 1.807) is 18.2 Å². The first-order valence-corrected chi connectivity index (χ1v) is 7.91. The molecule has 0 radical (unpaired) electrons. The minimum atomic E-state index is -3.68. The molecule has 0 fully saturated rings. The quantitative estimate of drug-likeness (QED) is 0.812. The molecule has 19 heavy (non-hydrogen) atoms. The number of hydrogen-bond donors (Lipinski definition) is 0. The Morgan fingerprint density at radius 3 is 2.63 bits per heavy atom. The molecule has 0 aromatic heterocycles. The molecule has 0 saturated carbocycles. The zero-order valence-electron chi connectivity index (χ0n) is 10.3. The van der Waals surface area contributed by atoms with Crippen molar-refractivity contribution in [2.24, 2.45) is 0 Å². The first-order valence-electron chi connectivity index (χ1n) is 5.46. The van der Waals surface area contributed by atoms with E-state index < -0.39 is 21.5 Å². The summed E-state index contributed by atoms with van der Waals surface area (Å²) in [4.78, 5) is 13.1. The largest absolute Gasteiger partial charge is 0.344 e. The van der Waals surface area contributed by atoms with E-state index in [0.29, 0.717) is 4.47 Å². The lowest BCUT2D eigenvalue weighted by Gasteiger charge is -2.15. The first-order chi connectivity index (χ1) is 8.88. The Kier molecular flexibility index (Phi) is 5.51. The number of carbonyl (C=O) groups is 1. The molecule has 0 spiro atoms. The summed E-state index contributed by atoms with van der Waals surface area (Å²) >= 11 is 3.15. The van der Waals surface area contributed by atoms with Crippen LogP contribution in [0.2, 0.25) is 0 Å². The minimum Gasteiger partial charge on any atom is -0.344 e. The zero-order chi connectivity index (χ0) is 14.5. The third-order valence-corrected chi connectivity index (χ3v) is 5.08. The summed E-state index contributed by atoms with van der Waals surface area (Å²) in [6, 6.07) is 8.26. The van der Waals surface area contributed by atoms with Gasteiger partial charge in [-0.05, 0) is 28.1 Å². The molecule has 0 aliphatic carbocycles. The molecule has 102 valence electrons. The standard InChI is InChI=1S/C12H13BrN2O3S/c1-15(8-4-7-14)12(16)9-19(17,18)11-6-3-2-5-10(11)13/h2-3,5-6H,4,8-9H2,1H3. The number of benzene rings is 1. The molecule has 1 rings (SSSR count). The van der Waals surface area contributed by atoms with Crippen LogP contribution in [0.3, 0.4) is 0 Å². The molecule has 5 nitrogen and oxygen atoms in total. The van der Waals surface area contributed by atoms with Gasteiger partial charge in [0, 0.05) is 18.1 Å². The molecule has 1 aromatic carbocycles. The van der Waals surface area contributed by atoms with Crippen molar-refractivity contribution in [1.82, 2.24) is 4.90 Å². The molecular weight excluding hydrogens is 332 g/mol. The van der Waals surface area contributed by atoms with Gasteiger partial charge in [-0.2, -0.15) is 5.26 Å². The summed E-state index contributed by atoms with van der Waals surface area (Å²) in [7, 11) is -2.20. The highest BCUT2D eigenvalue weighted by Crippen LogP contribution is 2.22. The van der Waals surface area contributed by atoms with Gasteiger partial charge in [0.2, 0.25) is 5.91 Å². The Balaban J connectivity index is 2.84. The molecule has 1 amide bonds. The fourth-order valence-electron chi connectivity index (χ4n) is 1.39. The maximum Gasteiger partial charge on any atom is 0.237 e. The number of nitriles is 1. The number of halogens is 1. The predicted octanol–water partition coefficient (Wildman–Crippen LogP) is 1.59. The van der Waals surface area contributed by atoms with E-state index in [9.17, 15) is 13.2 Å². The molecule has 0 N–H and O–H groups in total. The van der Waals surface area contributed by atoms with Crippen molar-refractivity contribution in [2.45, 2.75) is 11.3 Å². The van der Waals surface area contributed by atoms with E-state index in [0.717, 1.165) is 0 Å². The SMILES string of the molecule is CN(CCC#N)C(=O)CS(=O)(=O)c1ccccc1Br. The van der Waals surface area contributed by atoms with Crippen LogP contribution in [0.25, 0.3) is 0 Å². The third-order valence-electron chi connectivity index (χ3n) is 2.47. The van der Waals surface area contributed by atoms with Crippen LogP contribution < -0.4 is 0 Å². The second kappa shape index (κ2) is 6.68. The van der Waals surface area contributed by atoms with E-state index in [1.807, 2.05) is 6.07 Å². The lowest BCUT2D eigenvalue weighted by Crippen LogP contribution is -2.33. The van der Waals surface area contributed by atoms with Gasteiger partial charge < -0.3 is 4.90 Å². The van der Waals surface area contributed by atoms with Crippen molar-refractivity contribution in [3.63, 3.8) is 0 Å². The third kappa shape index (κ3) is 4.33. The molecule has 0 saturated heterocycles. The Bertz CT molecular complexity index is 608. The van der Waals surface area contributed by atoms with Gasteiger partial charge in [0.15, 0.2) is 9.84 Å². The summed E-state index contributed by atoms with van der Waals surface area (Å²) in [5, 5.41) is 8.43.